The zero-order valence-electron chi connectivity index (χ0n) is 7.47. The van der Waals surface area contributed by atoms with Crippen molar-refractivity contribution in [2.45, 2.75) is 12.8 Å². The number of carbonyl (C=O) groups is 1. The van der Waals surface area contributed by atoms with E-state index < -0.39 is 0 Å². The number of hydrogen-bond donors (Lipinski definition) is 0. The van der Waals surface area contributed by atoms with E-state index in [1.807, 2.05) is 22.9 Å². The molecule has 0 aliphatic rings. The van der Waals surface area contributed by atoms with Gasteiger partial charge in [-0.05, 0) is 11.4 Å². The van der Waals surface area contributed by atoms with E-state index in [0.29, 0.717) is 12.8 Å². The van der Waals surface area contributed by atoms with E-state index in [1.54, 1.807) is 17.5 Å². The fourth-order valence-corrected chi connectivity index (χ4v) is 2.56. The summed E-state index contributed by atoms with van der Waals surface area (Å²) < 4.78 is 0. The number of hydrogen-bond acceptors (Lipinski definition) is 4. The standard InChI is InChI=1S/C10H9NOS2/c12-8(6-9-2-1-4-13-9)7-10-11-3-5-14-10/h1-5H,6-7H2. The first-order chi connectivity index (χ1) is 6.84. The van der Waals surface area contributed by atoms with Gasteiger partial charge in [-0.2, -0.15) is 0 Å². The Hall–Kier alpha value is -1.00. The Morgan fingerprint density at radius 1 is 1.29 bits per heavy atom. The van der Waals surface area contributed by atoms with Crippen molar-refractivity contribution in [3.05, 3.63) is 39.0 Å². The van der Waals surface area contributed by atoms with Gasteiger partial charge in [0, 0.05) is 22.9 Å². The summed E-state index contributed by atoms with van der Waals surface area (Å²) in [5, 5.41) is 4.80. The highest BCUT2D eigenvalue weighted by Crippen LogP contribution is 2.12. The van der Waals surface area contributed by atoms with Crippen LogP contribution in [0, 0.1) is 0 Å². The molecule has 0 saturated carbocycles. The van der Waals surface area contributed by atoms with Crippen LogP contribution in [-0.4, -0.2) is 10.8 Å². The van der Waals surface area contributed by atoms with E-state index in [1.165, 1.54) is 11.3 Å². The molecule has 0 aliphatic heterocycles. The Bertz CT molecular complexity index is 353. The molecule has 2 heterocycles. The minimum absolute atomic E-state index is 0.238. The molecule has 0 saturated heterocycles. The van der Waals surface area contributed by atoms with Crippen molar-refractivity contribution in [1.29, 1.82) is 0 Å². The average molecular weight is 223 g/mol. The molecule has 2 aromatic heterocycles. The van der Waals surface area contributed by atoms with Gasteiger partial charge >= 0.3 is 0 Å². The number of rotatable bonds is 4. The van der Waals surface area contributed by atoms with Crippen LogP contribution in [0.5, 0.6) is 0 Å². The summed E-state index contributed by atoms with van der Waals surface area (Å²) in [4.78, 5) is 16.8. The summed E-state index contributed by atoms with van der Waals surface area (Å²) in [5.74, 6) is 0.238. The first kappa shape index (κ1) is 9.55. The molecule has 0 radical (unpaired) electrons. The van der Waals surface area contributed by atoms with E-state index in [-0.39, 0.29) is 5.78 Å². The van der Waals surface area contributed by atoms with E-state index in [9.17, 15) is 4.79 Å². The normalized spacial score (nSPS) is 10.3. The Morgan fingerprint density at radius 3 is 2.86 bits per heavy atom. The summed E-state index contributed by atoms with van der Waals surface area (Å²) in [6.45, 7) is 0. The van der Waals surface area contributed by atoms with Crippen LogP contribution in [0.2, 0.25) is 0 Å². The summed E-state index contributed by atoms with van der Waals surface area (Å²) in [6, 6.07) is 3.96. The van der Waals surface area contributed by atoms with E-state index in [2.05, 4.69) is 4.98 Å². The second-order valence-electron chi connectivity index (χ2n) is 2.90. The van der Waals surface area contributed by atoms with Gasteiger partial charge in [-0.1, -0.05) is 6.07 Å². The molecule has 0 aromatic carbocycles. The molecule has 4 heteroatoms. The SMILES string of the molecule is O=C(Cc1cccs1)Cc1nccs1. The molecule has 0 fully saturated rings. The number of aromatic nitrogens is 1. The molecular weight excluding hydrogens is 214 g/mol. The molecule has 0 N–H and O–H groups in total. The van der Waals surface area contributed by atoms with Crippen LogP contribution in [0.1, 0.15) is 9.88 Å². The van der Waals surface area contributed by atoms with Crippen molar-refractivity contribution in [1.82, 2.24) is 4.98 Å². The third-order valence-electron chi connectivity index (χ3n) is 1.78. The van der Waals surface area contributed by atoms with E-state index in [4.69, 9.17) is 0 Å². The minimum Gasteiger partial charge on any atom is -0.299 e. The Balaban J connectivity index is 1.91. The first-order valence-electron chi connectivity index (χ1n) is 4.27. The highest BCUT2D eigenvalue weighted by Gasteiger charge is 2.07. The van der Waals surface area contributed by atoms with Gasteiger partial charge in [-0.25, -0.2) is 4.98 Å². The summed E-state index contributed by atoms with van der Waals surface area (Å²) in [7, 11) is 0. The predicted octanol–water partition coefficient (Wildman–Crippen LogP) is 2.56. The van der Waals surface area contributed by atoms with Gasteiger partial charge < -0.3 is 0 Å². The number of Topliss-reactive ketones (excluding diaryl/α,β-unsaturated/α-hetero) is 1. The summed E-state index contributed by atoms with van der Waals surface area (Å²) >= 11 is 3.16. The van der Waals surface area contributed by atoms with E-state index >= 15 is 0 Å². The number of nitrogens with zero attached hydrogens (tertiary/aromatic N) is 1. The molecule has 0 unspecified atom stereocenters. The lowest BCUT2D eigenvalue weighted by Crippen LogP contribution is -2.04. The molecule has 0 amide bonds. The quantitative estimate of drug-likeness (QED) is 0.797. The van der Waals surface area contributed by atoms with Crippen LogP contribution in [0.4, 0.5) is 0 Å². The summed E-state index contributed by atoms with van der Waals surface area (Å²) in [5.41, 5.74) is 0. The van der Waals surface area contributed by atoms with Gasteiger partial charge in [0.15, 0.2) is 0 Å². The first-order valence-corrected chi connectivity index (χ1v) is 6.03. The van der Waals surface area contributed by atoms with E-state index in [0.717, 1.165) is 9.88 Å². The predicted molar refractivity (Wildman–Crippen MR) is 58.8 cm³/mol. The number of thiazole rings is 1. The topological polar surface area (TPSA) is 30.0 Å². The van der Waals surface area contributed by atoms with Crippen LogP contribution < -0.4 is 0 Å². The molecule has 14 heavy (non-hydrogen) atoms. The third-order valence-corrected chi connectivity index (χ3v) is 3.44. The Labute approximate surface area is 90.2 Å². The highest BCUT2D eigenvalue weighted by molar-refractivity contribution is 7.10. The molecule has 2 aromatic rings. The van der Waals surface area contributed by atoms with Crippen molar-refractivity contribution < 1.29 is 4.79 Å². The molecule has 72 valence electrons. The second-order valence-corrected chi connectivity index (χ2v) is 4.91. The number of thiophene rings is 1. The average Bonchev–Trinajstić information content (AvgIpc) is 2.76. The van der Waals surface area contributed by atoms with Gasteiger partial charge in [-0.3, -0.25) is 4.79 Å². The van der Waals surface area contributed by atoms with Gasteiger partial charge in [-0.15, -0.1) is 22.7 Å². The monoisotopic (exact) mass is 223 g/mol. The van der Waals surface area contributed by atoms with Crippen LogP contribution in [-0.2, 0) is 17.6 Å². The Morgan fingerprint density at radius 2 is 2.21 bits per heavy atom. The number of ketones is 1. The maximum absolute atomic E-state index is 11.6. The fraction of sp³-hybridized carbons (Fsp3) is 0.200. The van der Waals surface area contributed by atoms with Gasteiger partial charge in [0.05, 0.1) is 11.4 Å². The zero-order valence-corrected chi connectivity index (χ0v) is 9.11. The fourth-order valence-electron chi connectivity index (χ4n) is 1.18. The molecule has 0 atom stereocenters. The van der Waals surface area contributed by atoms with Crippen molar-refractivity contribution in [2.24, 2.45) is 0 Å². The molecular formula is C10H9NOS2. The highest BCUT2D eigenvalue weighted by atomic mass is 32.1. The summed E-state index contributed by atoms with van der Waals surface area (Å²) in [6.07, 6.45) is 2.74. The zero-order chi connectivity index (χ0) is 9.80. The van der Waals surface area contributed by atoms with Gasteiger partial charge in [0.1, 0.15) is 5.78 Å². The third kappa shape index (κ3) is 2.49. The van der Waals surface area contributed by atoms with Crippen LogP contribution in [0.25, 0.3) is 0 Å². The molecule has 0 aliphatic carbocycles. The van der Waals surface area contributed by atoms with Crippen LogP contribution in [0.15, 0.2) is 29.1 Å². The smallest absolute Gasteiger partial charge is 0.144 e. The van der Waals surface area contributed by atoms with Gasteiger partial charge in [0.2, 0.25) is 0 Å². The maximum atomic E-state index is 11.6. The lowest BCUT2D eigenvalue weighted by Gasteiger charge is -1.94. The van der Waals surface area contributed by atoms with Crippen molar-refractivity contribution in [3.63, 3.8) is 0 Å². The lowest BCUT2D eigenvalue weighted by molar-refractivity contribution is -0.117. The van der Waals surface area contributed by atoms with Gasteiger partial charge in [0.25, 0.3) is 0 Å². The molecule has 2 rings (SSSR count). The maximum Gasteiger partial charge on any atom is 0.144 e. The Kier molecular flexibility index (Phi) is 3.06. The van der Waals surface area contributed by atoms with Crippen molar-refractivity contribution in [2.75, 3.05) is 0 Å². The minimum atomic E-state index is 0.238. The second kappa shape index (κ2) is 4.48. The number of carbonyl (C=O) groups excluding carboxylic acids is 1. The van der Waals surface area contributed by atoms with Crippen molar-refractivity contribution in [3.8, 4) is 0 Å². The van der Waals surface area contributed by atoms with Crippen LogP contribution >= 0.6 is 22.7 Å². The largest absolute Gasteiger partial charge is 0.299 e. The molecule has 0 bridgehead atoms. The van der Waals surface area contributed by atoms with Crippen LogP contribution in [0.3, 0.4) is 0 Å². The molecule has 0 spiro atoms. The molecule has 2 nitrogen and oxygen atoms in total. The van der Waals surface area contributed by atoms with Crippen molar-refractivity contribution >= 4 is 28.5 Å². The lowest BCUT2D eigenvalue weighted by atomic mass is 10.2.